The number of rotatable bonds is 6. The Bertz CT molecular complexity index is 894. The Morgan fingerprint density at radius 1 is 1.00 bits per heavy atom. The number of amides is 1. The van der Waals surface area contributed by atoms with Crippen LogP contribution >= 0.6 is 0 Å². The molecule has 0 aliphatic rings. The van der Waals surface area contributed by atoms with Gasteiger partial charge in [0.2, 0.25) is 0 Å². The summed E-state index contributed by atoms with van der Waals surface area (Å²) in [4.78, 5) is 30.6. The molecule has 1 aromatic carbocycles. The molecular formula is C19H15N3O4. The fourth-order valence-corrected chi connectivity index (χ4v) is 2.14. The number of carboxylic acid groups (broad SMARTS) is 1. The number of hydrogen-bond donors (Lipinski definition) is 2. The molecule has 0 atom stereocenters. The zero-order valence-electron chi connectivity index (χ0n) is 13.6. The Kier molecular flexibility index (Phi) is 5.19. The number of nitrogens with zero attached hydrogens (tertiary/aromatic N) is 2. The van der Waals surface area contributed by atoms with Gasteiger partial charge in [0, 0.05) is 24.3 Å². The third-order valence-electron chi connectivity index (χ3n) is 3.51. The Balaban J connectivity index is 1.58. The van der Waals surface area contributed by atoms with Gasteiger partial charge in [0.15, 0.2) is 0 Å². The molecule has 7 nitrogen and oxygen atoms in total. The standard InChI is InChI=1S/C19H15N3O4/c23-18(14-1-6-17(19(24)25)21-11-14)22-15-2-4-16(5-3-15)26-12-13-7-9-20-10-8-13/h1-11H,12H2,(H,22,23)(H,24,25). The number of pyridine rings is 2. The summed E-state index contributed by atoms with van der Waals surface area (Å²) >= 11 is 0. The molecule has 130 valence electrons. The number of ether oxygens (including phenoxy) is 1. The van der Waals surface area contributed by atoms with Crippen molar-refractivity contribution in [3.63, 3.8) is 0 Å². The molecule has 26 heavy (non-hydrogen) atoms. The lowest BCUT2D eigenvalue weighted by Crippen LogP contribution is -2.13. The highest BCUT2D eigenvalue weighted by Crippen LogP contribution is 2.17. The maximum absolute atomic E-state index is 12.2. The quantitative estimate of drug-likeness (QED) is 0.709. The lowest BCUT2D eigenvalue weighted by molar-refractivity contribution is 0.0690. The number of carbonyl (C=O) groups is 2. The molecule has 7 heteroatoms. The van der Waals surface area contributed by atoms with Gasteiger partial charge < -0.3 is 15.2 Å². The second-order valence-corrected chi connectivity index (χ2v) is 5.36. The largest absolute Gasteiger partial charge is 0.489 e. The molecule has 0 radical (unpaired) electrons. The van der Waals surface area contributed by atoms with Crippen molar-refractivity contribution in [2.75, 3.05) is 5.32 Å². The minimum atomic E-state index is -1.14. The highest BCUT2D eigenvalue weighted by atomic mass is 16.5. The predicted molar refractivity (Wildman–Crippen MR) is 94.2 cm³/mol. The van der Waals surface area contributed by atoms with Crippen LogP contribution in [0.4, 0.5) is 5.69 Å². The van der Waals surface area contributed by atoms with Crippen LogP contribution in [-0.4, -0.2) is 27.0 Å². The number of carboxylic acids is 1. The summed E-state index contributed by atoms with van der Waals surface area (Å²) in [7, 11) is 0. The topological polar surface area (TPSA) is 101 Å². The molecule has 0 unspecified atom stereocenters. The van der Waals surface area contributed by atoms with Crippen LogP contribution in [0.25, 0.3) is 0 Å². The van der Waals surface area contributed by atoms with Crippen LogP contribution in [0.2, 0.25) is 0 Å². The van der Waals surface area contributed by atoms with Crippen molar-refractivity contribution in [2.24, 2.45) is 0 Å². The van der Waals surface area contributed by atoms with E-state index in [1.54, 1.807) is 36.7 Å². The number of carbonyl (C=O) groups excluding carboxylic acids is 1. The van der Waals surface area contributed by atoms with E-state index in [4.69, 9.17) is 9.84 Å². The number of nitrogens with one attached hydrogen (secondary N) is 1. The monoisotopic (exact) mass is 349 g/mol. The molecule has 2 heterocycles. The zero-order chi connectivity index (χ0) is 18.4. The van der Waals surface area contributed by atoms with Crippen LogP contribution < -0.4 is 10.1 Å². The average Bonchev–Trinajstić information content (AvgIpc) is 2.68. The van der Waals surface area contributed by atoms with Crippen LogP contribution in [0.3, 0.4) is 0 Å². The molecule has 1 amide bonds. The van der Waals surface area contributed by atoms with Crippen molar-refractivity contribution >= 4 is 17.6 Å². The second kappa shape index (κ2) is 7.89. The van der Waals surface area contributed by atoms with E-state index in [9.17, 15) is 9.59 Å². The van der Waals surface area contributed by atoms with Gasteiger partial charge in [-0.3, -0.25) is 9.78 Å². The molecular weight excluding hydrogens is 334 g/mol. The average molecular weight is 349 g/mol. The lowest BCUT2D eigenvalue weighted by Gasteiger charge is -2.08. The number of aromatic carboxylic acids is 1. The summed E-state index contributed by atoms with van der Waals surface area (Å²) in [5.41, 5.74) is 1.76. The lowest BCUT2D eigenvalue weighted by atomic mass is 10.2. The van der Waals surface area contributed by atoms with Crippen LogP contribution in [-0.2, 0) is 6.61 Å². The van der Waals surface area contributed by atoms with Gasteiger partial charge in [0.25, 0.3) is 5.91 Å². The van der Waals surface area contributed by atoms with Crippen LogP contribution in [0, 0.1) is 0 Å². The molecule has 0 saturated heterocycles. The second-order valence-electron chi connectivity index (χ2n) is 5.36. The van der Waals surface area contributed by atoms with Gasteiger partial charge in [-0.2, -0.15) is 0 Å². The summed E-state index contributed by atoms with van der Waals surface area (Å²) in [6.45, 7) is 0.426. The first-order valence-corrected chi connectivity index (χ1v) is 7.74. The summed E-state index contributed by atoms with van der Waals surface area (Å²) in [5, 5.41) is 11.5. The predicted octanol–water partition coefficient (Wildman–Crippen LogP) is 3.01. The molecule has 0 spiro atoms. The van der Waals surface area contributed by atoms with E-state index >= 15 is 0 Å². The molecule has 0 bridgehead atoms. The van der Waals surface area contributed by atoms with Crippen molar-refractivity contribution in [3.05, 3.63) is 83.9 Å². The fourth-order valence-electron chi connectivity index (χ4n) is 2.14. The first-order chi connectivity index (χ1) is 12.6. The smallest absolute Gasteiger partial charge is 0.354 e. The Morgan fingerprint density at radius 2 is 1.73 bits per heavy atom. The van der Waals surface area contributed by atoms with Crippen LogP contribution in [0.15, 0.2) is 67.1 Å². The molecule has 0 aliphatic heterocycles. The number of anilines is 1. The highest BCUT2D eigenvalue weighted by Gasteiger charge is 2.09. The molecule has 2 aromatic heterocycles. The third-order valence-corrected chi connectivity index (χ3v) is 3.51. The summed E-state index contributed by atoms with van der Waals surface area (Å²) in [6.07, 6.45) is 4.63. The van der Waals surface area contributed by atoms with Gasteiger partial charge in [-0.1, -0.05) is 0 Å². The maximum atomic E-state index is 12.2. The van der Waals surface area contributed by atoms with Crippen molar-refractivity contribution < 1.29 is 19.4 Å². The van der Waals surface area contributed by atoms with Gasteiger partial charge >= 0.3 is 5.97 Å². The van der Waals surface area contributed by atoms with Gasteiger partial charge in [-0.15, -0.1) is 0 Å². The van der Waals surface area contributed by atoms with Crippen molar-refractivity contribution in [1.82, 2.24) is 9.97 Å². The van der Waals surface area contributed by atoms with Crippen molar-refractivity contribution in [3.8, 4) is 5.75 Å². The molecule has 3 rings (SSSR count). The Morgan fingerprint density at radius 3 is 2.35 bits per heavy atom. The van der Waals surface area contributed by atoms with Crippen LogP contribution in [0.1, 0.15) is 26.4 Å². The molecule has 0 aliphatic carbocycles. The van der Waals surface area contributed by atoms with E-state index < -0.39 is 5.97 Å². The van der Waals surface area contributed by atoms with E-state index in [0.717, 1.165) is 5.56 Å². The van der Waals surface area contributed by atoms with Gasteiger partial charge in [0.05, 0.1) is 5.56 Å². The number of hydrogen-bond acceptors (Lipinski definition) is 5. The first kappa shape index (κ1) is 17.1. The summed E-state index contributed by atoms with van der Waals surface area (Å²) in [6, 6.07) is 13.4. The SMILES string of the molecule is O=C(Nc1ccc(OCc2ccncc2)cc1)c1ccc(C(=O)O)nc1. The summed E-state index contributed by atoms with van der Waals surface area (Å²) in [5.74, 6) is -0.841. The van der Waals surface area contributed by atoms with Crippen molar-refractivity contribution in [1.29, 1.82) is 0 Å². The number of aromatic nitrogens is 2. The van der Waals surface area contributed by atoms with E-state index in [1.165, 1.54) is 18.3 Å². The minimum Gasteiger partial charge on any atom is -0.489 e. The highest BCUT2D eigenvalue weighted by molar-refractivity contribution is 6.04. The van der Waals surface area contributed by atoms with E-state index in [0.29, 0.717) is 18.0 Å². The van der Waals surface area contributed by atoms with Gasteiger partial charge in [0.1, 0.15) is 18.1 Å². The van der Waals surface area contributed by atoms with Gasteiger partial charge in [-0.25, -0.2) is 9.78 Å². The first-order valence-electron chi connectivity index (χ1n) is 7.74. The third kappa shape index (κ3) is 4.41. The molecule has 3 aromatic rings. The van der Waals surface area contributed by atoms with E-state index in [-0.39, 0.29) is 17.2 Å². The van der Waals surface area contributed by atoms with E-state index in [2.05, 4.69) is 15.3 Å². The normalized spacial score (nSPS) is 10.2. The molecule has 0 saturated carbocycles. The van der Waals surface area contributed by atoms with Crippen LogP contribution in [0.5, 0.6) is 5.75 Å². The Hall–Kier alpha value is -3.74. The summed E-state index contributed by atoms with van der Waals surface area (Å²) < 4.78 is 5.67. The minimum absolute atomic E-state index is 0.114. The van der Waals surface area contributed by atoms with E-state index in [1.807, 2.05) is 12.1 Å². The zero-order valence-corrected chi connectivity index (χ0v) is 13.6. The van der Waals surface area contributed by atoms with Gasteiger partial charge in [-0.05, 0) is 54.1 Å². The van der Waals surface area contributed by atoms with Crippen molar-refractivity contribution in [2.45, 2.75) is 6.61 Å². The number of benzene rings is 1. The molecule has 2 N–H and O–H groups in total. The maximum Gasteiger partial charge on any atom is 0.354 e. The fraction of sp³-hybridized carbons (Fsp3) is 0.0526. The molecule has 0 fully saturated rings. The Labute approximate surface area is 149 Å².